The normalized spacial score (nSPS) is 23.4. The van der Waals surface area contributed by atoms with E-state index in [-0.39, 0.29) is 17.5 Å². The van der Waals surface area contributed by atoms with Crippen LogP contribution in [0.1, 0.15) is 43.4 Å². The second-order valence-electron chi connectivity index (χ2n) is 11.1. The number of benzene rings is 4. The molecule has 3 aliphatic heterocycles. The van der Waals surface area contributed by atoms with Gasteiger partial charge >= 0.3 is 0 Å². The number of Topliss-reactive ketones (excluding diaryl/α,β-unsaturated/α-hetero) is 2. The van der Waals surface area contributed by atoms with Crippen molar-refractivity contribution in [2.75, 3.05) is 5.32 Å². The molecule has 1 spiro atoms. The maximum absolute atomic E-state index is 15.0. The molecule has 42 heavy (non-hydrogen) atoms. The molecule has 6 nitrogen and oxygen atoms in total. The van der Waals surface area contributed by atoms with Gasteiger partial charge in [0, 0.05) is 35.4 Å². The summed E-state index contributed by atoms with van der Waals surface area (Å²) in [6.07, 6.45) is 7.01. The van der Waals surface area contributed by atoms with Crippen LogP contribution in [0, 0.1) is 5.92 Å². The highest BCUT2D eigenvalue weighted by molar-refractivity contribution is 6.18. The number of hydrogen-bond acceptors (Lipinski definition) is 5. The van der Waals surface area contributed by atoms with E-state index >= 15 is 0 Å². The smallest absolute Gasteiger partial charge is 0.238 e. The van der Waals surface area contributed by atoms with Crippen LogP contribution in [-0.4, -0.2) is 33.4 Å². The van der Waals surface area contributed by atoms with Crippen LogP contribution in [0.2, 0.25) is 0 Å². The Kier molecular flexibility index (Phi) is 5.28. The fourth-order valence-corrected chi connectivity index (χ4v) is 7.46. The highest BCUT2D eigenvalue weighted by Crippen LogP contribution is 2.62. The maximum atomic E-state index is 15.0. The number of carbonyl (C=O) groups is 3. The lowest BCUT2D eigenvalue weighted by molar-refractivity contribution is -0.122. The zero-order valence-electron chi connectivity index (χ0n) is 22.5. The van der Waals surface area contributed by atoms with Gasteiger partial charge < -0.3 is 10.2 Å². The Morgan fingerprint density at radius 3 is 2.40 bits per heavy atom. The second-order valence-corrected chi connectivity index (χ2v) is 11.1. The van der Waals surface area contributed by atoms with E-state index in [9.17, 15) is 14.4 Å². The van der Waals surface area contributed by atoms with E-state index in [0.717, 1.165) is 27.5 Å². The zero-order chi connectivity index (χ0) is 28.4. The van der Waals surface area contributed by atoms with Crippen molar-refractivity contribution < 1.29 is 14.4 Å². The van der Waals surface area contributed by atoms with Crippen molar-refractivity contribution in [2.45, 2.75) is 17.5 Å². The monoisotopic (exact) mass is 547 g/mol. The highest BCUT2D eigenvalue weighted by atomic mass is 16.2. The van der Waals surface area contributed by atoms with Gasteiger partial charge in [0.1, 0.15) is 11.5 Å². The van der Waals surface area contributed by atoms with Crippen LogP contribution in [0.15, 0.2) is 122 Å². The van der Waals surface area contributed by atoms with Crippen LogP contribution in [0.4, 0.5) is 5.69 Å². The fraction of sp³-hybridized carbons (Fsp3) is 0.111. The Labute approximate surface area is 242 Å². The molecule has 4 heterocycles. The summed E-state index contributed by atoms with van der Waals surface area (Å²) < 4.78 is 0. The molecule has 1 fully saturated rings. The molecule has 1 aromatic heterocycles. The molecule has 1 saturated heterocycles. The van der Waals surface area contributed by atoms with Gasteiger partial charge in [-0.1, -0.05) is 84.9 Å². The summed E-state index contributed by atoms with van der Waals surface area (Å²) in [5.74, 6) is -1.74. The van der Waals surface area contributed by atoms with E-state index in [0.29, 0.717) is 16.8 Å². The molecule has 3 aliphatic rings. The third-order valence-corrected chi connectivity index (χ3v) is 9.14. The minimum atomic E-state index is -1.36. The number of rotatable bonds is 4. The summed E-state index contributed by atoms with van der Waals surface area (Å²) in [6, 6.07) is 30.7. The van der Waals surface area contributed by atoms with Crippen LogP contribution < -0.4 is 5.32 Å². The van der Waals surface area contributed by atoms with Gasteiger partial charge in [-0.3, -0.25) is 19.4 Å². The molecule has 202 valence electrons. The lowest BCUT2D eigenvalue weighted by Crippen LogP contribution is -2.49. The highest BCUT2D eigenvalue weighted by Gasteiger charge is 2.70. The van der Waals surface area contributed by atoms with Gasteiger partial charge in [-0.05, 0) is 51.7 Å². The molecule has 0 aliphatic carbocycles. The summed E-state index contributed by atoms with van der Waals surface area (Å²) in [5, 5.41) is 4.85. The Morgan fingerprint density at radius 2 is 1.52 bits per heavy atom. The van der Waals surface area contributed by atoms with Crippen LogP contribution in [-0.2, 0) is 10.2 Å². The first-order valence-corrected chi connectivity index (χ1v) is 14.0. The Balaban J connectivity index is 1.45. The Hall–Kier alpha value is -5.36. The maximum Gasteiger partial charge on any atom is 0.238 e. The van der Waals surface area contributed by atoms with Gasteiger partial charge in [-0.25, -0.2) is 0 Å². The number of ketones is 2. The zero-order valence-corrected chi connectivity index (χ0v) is 22.5. The first kappa shape index (κ1) is 24.4. The predicted molar refractivity (Wildman–Crippen MR) is 161 cm³/mol. The third kappa shape index (κ3) is 3.20. The van der Waals surface area contributed by atoms with Crippen LogP contribution in [0.25, 0.3) is 16.8 Å². The molecule has 4 aromatic carbocycles. The quantitative estimate of drug-likeness (QED) is 0.271. The van der Waals surface area contributed by atoms with E-state index in [1.54, 1.807) is 24.5 Å². The van der Waals surface area contributed by atoms with E-state index in [1.807, 2.05) is 108 Å². The largest absolute Gasteiger partial charge is 0.358 e. The first-order chi connectivity index (χ1) is 20.6. The summed E-state index contributed by atoms with van der Waals surface area (Å²) >= 11 is 0. The lowest BCUT2D eigenvalue weighted by Gasteiger charge is -2.38. The van der Waals surface area contributed by atoms with Crippen LogP contribution in [0.5, 0.6) is 0 Å². The fourth-order valence-electron chi connectivity index (χ4n) is 7.46. The summed E-state index contributed by atoms with van der Waals surface area (Å²) in [7, 11) is 0. The molecule has 0 radical (unpaired) electrons. The van der Waals surface area contributed by atoms with Gasteiger partial charge in [-0.2, -0.15) is 0 Å². The number of amides is 1. The third-order valence-electron chi connectivity index (χ3n) is 9.14. The van der Waals surface area contributed by atoms with Crippen molar-refractivity contribution in [2.24, 2.45) is 5.92 Å². The van der Waals surface area contributed by atoms with Crippen molar-refractivity contribution in [1.29, 1.82) is 0 Å². The molecule has 0 saturated carbocycles. The van der Waals surface area contributed by atoms with E-state index in [2.05, 4.69) is 10.3 Å². The molecular weight excluding hydrogens is 522 g/mol. The molecule has 4 atom stereocenters. The van der Waals surface area contributed by atoms with E-state index < -0.39 is 23.4 Å². The number of nitrogens with one attached hydrogen (secondary N) is 1. The average molecular weight is 548 g/mol. The molecule has 0 unspecified atom stereocenters. The average Bonchev–Trinajstić information content (AvgIpc) is 3.52. The van der Waals surface area contributed by atoms with Crippen LogP contribution >= 0.6 is 0 Å². The summed E-state index contributed by atoms with van der Waals surface area (Å²) in [4.78, 5) is 50.4. The van der Waals surface area contributed by atoms with Gasteiger partial charge in [0.15, 0.2) is 11.6 Å². The molecule has 5 aromatic rings. The molecule has 1 N–H and O–H groups in total. The minimum Gasteiger partial charge on any atom is -0.358 e. The number of hydrogen-bond donors (Lipinski definition) is 1. The minimum absolute atomic E-state index is 0.192. The van der Waals surface area contributed by atoms with Crippen LogP contribution in [0.3, 0.4) is 0 Å². The van der Waals surface area contributed by atoms with Gasteiger partial charge in [-0.15, -0.1) is 0 Å². The molecule has 1 amide bonds. The van der Waals surface area contributed by atoms with Crippen molar-refractivity contribution >= 4 is 40.0 Å². The van der Waals surface area contributed by atoms with Crippen molar-refractivity contribution in [3.05, 3.63) is 150 Å². The van der Waals surface area contributed by atoms with Crippen molar-refractivity contribution in [1.82, 2.24) is 9.88 Å². The molecule has 0 bridgehead atoms. The predicted octanol–water partition coefficient (Wildman–Crippen LogP) is 6.22. The molecule has 8 rings (SSSR count). The number of carbonyl (C=O) groups excluding carboxylic acids is 3. The standard InChI is InChI=1S/C36H25N3O3/c40-32(24-16-19-37-20-17-24)30-31(33(41)27-13-7-10-22-8-1-3-11-25(22)27)39-21-18-23-9-2-4-12-26(23)34(39)36(30)28-14-5-6-15-29(28)38-35(36)42/h1-21,30-31,34H,(H,38,42)/t30-,31-,34+,36+/m0/s1. The molecule has 6 heteroatoms. The Morgan fingerprint density at radius 1 is 0.786 bits per heavy atom. The van der Waals surface area contributed by atoms with Crippen molar-refractivity contribution in [3.8, 4) is 0 Å². The summed E-state index contributed by atoms with van der Waals surface area (Å²) in [6.45, 7) is 0. The van der Waals surface area contributed by atoms with Gasteiger partial charge in [0.2, 0.25) is 5.91 Å². The lowest BCUT2D eigenvalue weighted by atomic mass is 9.62. The number of nitrogens with zero attached hydrogens (tertiary/aromatic N) is 2. The summed E-state index contributed by atoms with van der Waals surface area (Å²) in [5.41, 5.74) is 2.86. The SMILES string of the molecule is O=C(c1cccc2ccccc12)[C@@H]1[C@@H](C(=O)c2ccncc2)[C@@]2(C(=O)Nc3ccccc32)[C@H]2c3ccccc3C=CN12. The Bertz CT molecular complexity index is 1960. The van der Waals surface area contributed by atoms with Crippen molar-refractivity contribution in [3.63, 3.8) is 0 Å². The van der Waals surface area contributed by atoms with Gasteiger partial charge in [0.05, 0.1) is 12.0 Å². The van der Waals surface area contributed by atoms with Gasteiger partial charge in [0.25, 0.3) is 0 Å². The second kappa shape index (κ2) is 9.08. The number of pyridine rings is 1. The number of aromatic nitrogens is 1. The topological polar surface area (TPSA) is 79.4 Å². The number of anilines is 1. The van der Waals surface area contributed by atoms with E-state index in [1.165, 1.54) is 0 Å². The number of fused-ring (bicyclic) bond motifs is 7. The molecular formula is C36H25N3O3. The first-order valence-electron chi connectivity index (χ1n) is 14.0. The van der Waals surface area contributed by atoms with E-state index in [4.69, 9.17) is 0 Å². The number of para-hydroxylation sites is 1.